The molecule has 0 saturated carbocycles. The molecular weight excluding hydrogens is 232 g/mol. The first-order valence-electron chi connectivity index (χ1n) is 4.55. The maximum atomic E-state index is 11.3. The second kappa shape index (κ2) is 6.03. The molecule has 3 amide bonds. The van der Waals surface area contributed by atoms with Crippen LogP contribution in [0, 0.1) is 0 Å². The number of rotatable bonds is 5. The predicted molar refractivity (Wildman–Crippen MR) is 59.4 cm³/mol. The van der Waals surface area contributed by atoms with Crippen molar-refractivity contribution in [1.82, 2.24) is 9.69 Å². The van der Waals surface area contributed by atoms with Crippen LogP contribution in [0.2, 0.25) is 0 Å². The number of anilines is 1. The van der Waals surface area contributed by atoms with E-state index in [0.29, 0.717) is 13.0 Å². The molecule has 0 aromatic carbocycles. The van der Waals surface area contributed by atoms with Crippen LogP contribution in [0.5, 0.6) is 0 Å². The van der Waals surface area contributed by atoms with Crippen LogP contribution in [0.1, 0.15) is 16.8 Å². The fraction of sp³-hybridized carbons (Fsp3) is 0.375. The summed E-state index contributed by atoms with van der Waals surface area (Å²) in [5, 5.41) is 14.9. The number of aliphatic hydroxyl groups excluding tert-OH is 1. The summed E-state index contributed by atoms with van der Waals surface area (Å²) >= 11 is 1.03. The van der Waals surface area contributed by atoms with Gasteiger partial charge in [0.1, 0.15) is 0 Å². The first-order chi connectivity index (χ1) is 7.65. The Labute approximate surface area is 95.8 Å². The molecule has 0 radical (unpaired) electrons. The number of nitrogens with zero attached hydrogens (tertiary/aromatic N) is 1. The highest BCUT2D eigenvalue weighted by molar-refractivity contribution is 7.04. The molecule has 1 aromatic rings. The van der Waals surface area contributed by atoms with E-state index in [-0.39, 0.29) is 18.0 Å². The van der Waals surface area contributed by atoms with Crippen LogP contribution in [0.4, 0.5) is 10.6 Å². The number of urea groups is 1. The van der Waals surface area contributed by atoms with Crippen molar-refractivity contribution in [2.24, 2.45) is 5.73 Å². The Morgan fingerprint density at radius 1 is 1.56 bits per heavy atom. The molecule has 7 nitrogen and oxygen atoms in total. The van der Waals surface area contributed by atoms with E-state index >= 15 is 0 Å². The Morgan fingerprint density at radius 3 is 2.94 bits per heavy atom. The monoisotopic (exact) mass is 244 g/mol. The summed E-state index contributed by atoms with van der Waals surface area (Å²) in [6, 6.07) is -0.484. The van der Waals surface area contributed by atoms with Crippen molar-refractivity contribution in [2.45, 2.75) is 6.42 Å². The number of amides is 3. The third-order valence-corrected chi connectivity index (χ3v) is 2.32. The quantitative estimate of drug-likeness (QED) is 0.534. The summed E-state index contributed by atoms with van der Waals surface area (Å²) in [6.45, 7) is 0.349. The Bertz CT molecular complexity index is 379. The Balaban J connectivity index is 2.49. The van der Waals surface area contributed by atoms with Gasteiger partial charge in [-0.3, -0.25) is 10.1 Å². The molecule has 8 heteroatoms. The zero-order chi connectivity index (χ0) is 12.0. The van der Waals surface area contributed by atoms with Crippen molar-refractivity contribution in [3.8, 4) is 0 Å². The molecular formula is C8H12N4O3S. The molecule has 0 bridgehead atoms. The number of carbonyl (C=O) groups is 2. The van der Waals surface area contributed by atoms with E-state index in [2.05, 4.69) is 15.0 Å². The molecule has 0 fully saturated rings. The van der Waals surface area contributed by atoms with Gasteiger partial charge in [0.05, 0.1) is 5.56 Å². The standard InChI is InChI=1S/C8H12N4O3S/c9-6(14)5-4-16-12-7(5)11-8(15)10-2-1-3-13/h4,13H,1-3H2,(H2,9,14)(H2,10,11,12,15). The molecule has 0 unspecified atom stereocenters. The van der Waals surface area contributed by atoms with Gasteiger partial charge in [-0.15, -0.1) is 0 Å². The second-order valence-corrected chi connectivity index (χ2v) is 3.53. The summed E-state index contributed by atoms with van der Waals surface area (Å²) < 4.78 is 3.83. The molecule has 1 heterocycles. The highest BCUT2D eigenvalue weighted by Gasteiger charge is 2.13. The van der Waals surface area contributed by atoms with Crippen LogP contribution in [-0.4, -0.2) is 34.6 Å². The van der Waals surface area contributed by atoms with Crippen molar-refractivity contribution in [3.63, 3.8) is 0 Å². The van der Waals surface area contributed by atoms with Crippen LogP contribution < -0.4 is 16.4 Å². The van der Waals surface area contributed by atoms with Crippen molar-refractivity contribution in [1.29, 1.82) is 0 Å². The summed E-state index contributed by atoms with van der Waals surface area (Å²) in [6.07, 6.45) is 0.465. The van der Waals surface area contributed by atoms with Crippen molar-refractivity contribution in [2.75, 3.05) is 18.5 Å². The van der Waals surface area contributed by atoms with Crippen LogP contribution in [-0.2, 0) is 0 Å². The van der Waals surface area contributed by atoms with E-state index in [4.69, 9.17) is 10.8 Å². The molecule has 0 aliphatic carbocycles. The fourth-order valence-corrected chi connectivity index (χ4v) is 1.57. The predicted octanol–water partition coefficient (Wildman–Crippen LogP) is -0.254. The average Bonchev–Trinajstić information content (AvgIpc) is 2.66. The minimum absolute atomic E-state index is 0.00349. The molecule has 1 rings (SSSR count). The fourth-order valence-electron chi connectivity index (χ4n) is 0.934. The minimum Gasteiger partial charge on any atom is -0.396 e. The van der Waals surface area contributed by atoms with Crippen LogP contribution in [0.15, 0.2) is 5.38 Å². The van der Waals surface area contributed by atoms with Gasteiger partial charge in [0.15, 0.2) is 5.82 Å². The number of nitrogens with one attached hydrogen (secondary N) is 2. The SMILES string of the molecule is NC(=O)c1csnc1NC(=O)NCCCO. The maximum Gasteiger partial charge on any atom is 0.320 e. The van der Waals surface area contributed by atoms with E-state index in [1.165, 1.54) is 5.38 Å². The molecule has 16 heavy (non-hydrogen) atoms. The molecule has 0 aliphatic heterocycles. The molecule has 88 valence electrons. The molecule has 1 aromatic heterocycles. The number of hydrogen-bond acceptors (Lipinski definition) is 5. The molecule has 5 N–H and O–H groups in total. The number of aromatic nitrogens is 1. The van der Waals surface area contributed by atoms with Gasteiger partial charge in [0.25, 0.3) is 5.91 Å². The van der Waals surface area contributed by atoms with E-state index < -0.39 is 11.9 Å². The lowest BCUT2D eigenvalue weighted by Crippen LogP contribution is -2.30. The summed E-state index contributed by atoms with van der Waals surface area (Å²) in [4.78, 5) is 22.2. The van der Waals surface area contributed by atoms with Gasteiger partial charge < -0.3 is 16.2 Å². The van der Waals surface area contributed by atoms with Gasteiger partial charge in [0.2, 0.25) is 0 Å². The first-order valence-corrected chi connectivity index (χ1v) is 5.38. The van der Waals surface area contributed by atoms with Crippen molar-refractivity contribution in [3.05, 3.63) is 10.9 Å². The summed E-state index contributed by atoms with van der Waals surface area (Å²) in [7, 11) is 0. The maximum absolute atomic E-state index is 11.3. The average molecular weight is 244 g/mol. The highest BCUT2D eigenvalue weighted by Crippen LogP contribution is 2.14. The van der Waals surface area contributed by atoms with E-state index in [1.54, 1.807) is 0 Å². The van der Waals surface area contributed by atoms with Gasteiger partial charge in [-0.05, 0) is 18.0 Å². The van der Waals surface area contributed by atoms with Crippen molar-refractivity contribution < 1.29 is 14.7 Å². The second-order valence-electron chi connectivity index (χ2n) is 2.90. The van der Waals surface area contributed by atoms with Crippen LogP contribution in [0.3, 0.4) is 0 Å². The highest BCUT2D eigenvalue weighted by atomic mass is 32.1. The summed E-state index contributed by atoms with van der Waals surface area (Å²) in [5.74, 6) is -0.488. The van der Waals surface area contributed by atoms with E-state index in [1.807, 2.05) is 0 Å². The van der Waals surface area contributed by atoms with Gasteiger partial charge >= 0.3 is 6.03 Å². The van der Waals surface area contributed by atoms with Gasteiger partial charge in [-0.25, -0.2) is 4.79 Å². The Kier molecular flexibility index (Phi) is 4.67. The molecule has 0 spiro atoms. The minimum atomic E-state index is -0.639. The smallest absolute Gasteiger partial charge is 0.320 e. The zero-order valence-corrected chi connectivity index (χ0v) is 9.21. The lowest BCUT2D eigenvalue weighted by atomic mass is 10.3. The van der Waals surface area contributed by atoms with Crippen LogP contribution >= 0.6 is 11.5 Å². The number of primary amides is 1. The number of nitrogens with two attached hydrogens (primary N) is 1. The number of carbonyl (C=O) groups excluding carboxylic acids is 2. The van der Waals surface area contributed by atoms with E-state index in [9.17, 15) is 9.59 Å². The van der Waals surface area contributed by atoms with Gasteiger partial charge in [-0.1, -0.05) is 0 Å². The number of hydrogen-bond donors (Lipinski definition) is 4. The lowest BCUT2D eigenvalue weighted by molar-refractivity contribution is 0.100. The molecule has 0 atom stereocenters. The zero-order valence-electron chi connectivity index (χ0n) is 8.40. The third-order valence-electron chi connectivity index (χ3n) is 1.69. The molecule has 0 saturated heterocycles. The normalized spacial score (nSPS) is 9.81. The lowest BCUT2D eigenvalue weighted by Gasteiger charge is -2.05. The third kappa shape index (κ3) is 3.48. The van der Waals surface area contributed by atoms with Gasteiger partial charge in [0, 0.05) is 18.5 Å². The summed E-state index contributed by atoms with van der Waals surface area (Å²) in [5.41, 5.74) is 5.26. The van der Waals surface area contributed by atoms with Crippen LogP contribution in [0.25, 0.3) is 0 Å². The first kappa shape index (κ1) is 12.4. The Morgan fingerprint density at radius 2 is 2.31 bits per heavy atom. The number of aliphatic hydroxyl groups is 1. The largest absolute Gasteiger partial charge is 0.396 e. The Hall–Kier alpha value is -1.67. The van der Waals surface area contributed by atoms with E-state index in [0.717, 1.165) is 11.5 Å². The van der Waals surface area contributed by atoms with Crippen molar-refractivity contribution >= 4 is 29.3 Å². The topological polar surface area (TPSA) is 117 Å². The van der Waals surface area contributed by atoms with Gasteiger partial charge in [-0.2, -0.15) is 4.37 Å². The molecule has 0 aliphatic rings.